The lowest BCUT2D eigenvalue weighted by atomic mass is 9.76. The van der Waals surface area contributed by atoms with Crippen LogP contribution in [0.2, 0.25) is 5.02 Å². The fourth-order valence-electron chi connectivity index (χ4n) is 5.22. The van der Waals surface area contributed by atoms with Crippen LogP contribution in [0, 0.1) is 0 Å². The zero-order chi connectivity index (χ0) is 34.6. The van der Waals surface area contributed by atoms with E-state index in [1.165, 1.54) is 35.4 Å². The maximum Gasteiger partial charge on any atom is 0.261 e. The fourth-order valence-corrected chi connectivity index (χ4v) is 6.44. The second kappa shape index (κ2) is 14.4. The van der Waals surface area contributed by atoms with Gasteiger partial charge in [-0.1, -0.05) is 89.5 Å². The van der Waals surface area contributed by atoms with Gasteiger partial charge >= 0.3 is 0 Å². The van der Waals surface area contributed by atoms with Crippen LogP contribution in [-0.2, 0) is 20.9 Å². The Morgan fingerprint density at radius 1 is 0.915 bits per heavy atom. The number of ether oxygens (including phenoxy) is 1. The summed E-state index contributed by atoms with van der Waals surface area (Å²) in [5.41, 5.74) is 8.58. The highest BCUT2D eigenvalue weighted by Gasteiger charge is 2.27. The van der Waals surface area contributed by atoms with E-state index in [4.69, 9.17) is 22.1 Å². The number of phenolic OH excluding ortho intramolecular Hbond substituents is 1. The average molecular weight is 680 g/mol. The van der Waals surface area contributed by atoms with E-state index in [9.17, 15) is 18.3 Å². The normalized spacial score (nSPS) is 12.2. The summed E-state index contributed by atoms with van der Waals surface area (Å²) in [6, 6.07) is 18.6. The standard InChI is InChI=1S/C37H46ClN3O5S/c1-7-36(3,4)24-15-18-33(29(21-24)37(5,6)8-2)46-20-12-11-19-40-35(43)28-23-32(26-13-9-10-14-27(26)34(28)42)41-47(44,45)25-16-17-30(38)31(39)22-25/h9-10,13-18,21-23,41-42H,7-8,11-12,19-20,39H2,1-6H3,(H,40,43). The third kappa shape index (κ3) is 8.14. The lowest BCUT2D eigenvalue weighted by molar-refractivity contribution is 0.0950. The minimum absolute atomic E-state index is 0.0415. The molecule has 0 radical (unpaired) electrons. The third-order valence-electron chi connectivity index (χ3n) is 9.16. The zero-order valence-corrected chi connectivity index (χ0v) is 29.6. The van der Waals surface area contributed by atoms with Crippen LogP contribution < -0.4 is 20.5 Å². The molecule has 0 aliphatic heterocycles. The number of carbonyl (C=O) groups excluding carboxylic acids is 1. The summed E-state index contributed by atoms with van der Waals surface area (Å²) in [5.74, 6) is 0.126. The number of carbonyl (C=O) groups is 1. The Kier molecular flexibility index (Phi) is 11.0. The number of nitrogen functional groups attached to an aromatic ring is 1. The number of rotatable bonds is 14. The van der Waals surface area contributed by atoms with Crippen molar-refractivity contribution in [2.24, 2.45) is 0 Å². The van der Waals surface area contributed by atoms with E-state index >= 15 is 0 Å². The number of fused-ring (bicyclic) bond motifs is 1. The van der Waals surface area contributed by atoms with Crippen molar-refractivity contribution in [1.82, 2.24) is 5.32 Å². The molecule has 5 N–H and O–H groups in total. The van der Waals surface area contributed by atoms with Crippen molar-refractivity contribution in [3.8, 4) is 11.5 Å². The molecule has 4 rings (SSSR count). The highest BCUT2D eigenvalue weighted by Crippen LogP contribution is 2.39. The largest absolute Gasteiger partial charge is 0.506 e. The Hall–Kier alpha value is -3.95. The summed E-state index contributed by atoms with van der Waals surface area (Å²) in [6.45, 7) is 14.2. The molecule has 0 saturated heterocycles. The van der Waals surface area contributed by atoms with Crippen LogP contribution in [0.1, 0.15) is 88.7 Å². The van der Waals surface area contributed by atoms with Crippen molar-refractivity contribution in [2.45, 2.75) is 83.0 Å². The monoisotopic (exact) mass is 679 g/mol. The van der Waals surface area contributed by atoms with Crippen molar-refractivity contribution >= 4 is 49.7 Å². The van der Waals surface area contributed by atoms with Crippen LogP contribution in [0.25, 0.3) is 10.8 Å². The molecule has 4 aromatic carbocycles. The van der Waals surface area contributed by atoms with Gasteiger partial charge in [-0.05, 0) is 72.4 Å². The molecule has 0 fully saturated rings. The second-order valence-corrected chi connectivity index (χ2v) is 15.2. The number of hydrogen-bond donors (Lipinski definition) is 4. The van der Waals surface area contributed by atoms with Gasteiger partial charge < -0.3 is 20.9 Å². The van der Waals surface area contributed by atoms with Crippen LogP contribution in [0.3, 0.4) is 0 Å². The molecule has 1 amide bonds. The minimum atomic E-state index is -4.09. The first-order valence-electron chi connectivity index (χ1n) is 16.0. The molecule has 0 bridgehead atoms. The highest BCUT2D eigenvalue weighted by atomic mass is 35.5. The Morgan fingerprint density at radius 2 is 1.60 bits per heavy atom. The number of halogens is 1. The summed E-state index contributed by atoms with van der Waals surface area (Å²) in [5, 5.41) is 14.9. The van der Waals surface area contributed by atoms with E-state index in [-0.39, 0.29) is 43.4 Å². The van der Waals surface area contributed by atoms with Gasteiger partial charge in [0, 0.05) is 22.9 Å². The molecule has 0 atom stereocenters. The average Bonchev–Trinajstić information content (AvgIpc) is 3.04. The number of amides is 1. The lowest BCUT2D eigenvalue weighted by Crippen LogP contribution is -2.25. The van der Waals surface area contributed by atoms with E-state index < -0.39 is 15.9 Å². The van der Waals surface area contributed by atoms with Gasteiger partial charge in [-0.25, -0.2) is 8.42 Å². The molecule has 252 valence electrons. The maximum atomic E-state index is 13.2. The van der Waals surface area contributed by atoms with Gasteiger partial charge in [0.05, 0.1) is 33.5 Å². The predicted molar refractivity (Wildman–Crippen MR) is 192 cm³/mol. The molecule has 0 aromatic heterocycles. The SMILES string of the molecule is CCC(C)(C)c1ccc(OCCCCNC(=O)c2cc(NS(=O)(=O)c3ccc(Cl)c(N)c3)c3ccccc3c2O)c(C(C)(C)CC)c1. The number of hydrogen-bond acceptors (Lipinski definition) is 6. The van der Waals surface area contributed by atoms with E-state index in [0.717, 1.165) is 18.6 Å². The van der Waals surface area contributed by atoms with Gasteiger partial charge in [-0.15, -0.1) is 0 Å². The minimum Gasteiger partial charge on any atom is -0.506 e. The molecule has 0 aliphatic rings. The van der Waals surface area contributed by atoms with Crippen molar-refractivity contribution in [3.05, 3.63) is 88.4 Å². The summed E-state index contributed by atoms with van der Waals surface area (Å²) in [7, 11) is -4.09. The number of aromatic hydroxyl groups is 1. The van der Waals surface area contributed by atoms with Gasteiger partial charge in [0.15, 0.2) is 0 Å². The number of anilines is 2. The number of benzene rings is 4. The number of nitrogens with one attached hydrogen (secondary N) is 2. The van der Waals surface area contributed by atoms with E-state index in [1.807, 2.05) is 0 Å². The third-order valence-corrected chi connectivity index (χ3v) is 10.9. The number of sulfonamides is 1. The molecule has 0 unspecified atom stereocenters. The Balaban J connectivity index is 1.44. The quantitative estimate of drug-likeness (QED) is 0.0600. The lowest BCUT2D eigenvalue weighted by Gasteiger charge is -2.30. The molecule has 0 aliphatic carbocycles. The van der Waals surface area contributed by atoms with Gasteiger partial charge in [0.1, 0.15) is 11.5 Å². The van der Waals surface area contributed by atoms with Crippen molar-refractivity contribution < 1.29 is 23.1 Å². The summed E-state index contributed by atoms with van der Waals surface area (Å²) in [4.78, 5) is 13.2. The van der Waals surface area contributed by atoms with Crippen LogP contribution in [-0.4, -0.2) is 32.6 Å². The molecule has 0 spiro atoms. The van der Waals surface area contributed by atoms with Gasteiger partial charge in [-0.3, -0.25) is 9.52 Å². The van der Waals surface area contributed by atoms with Gasteiger partial charge in [0.2, 0.25) is 0 Å². The summed E-state index contributed by atoms with van der Waals surface area (Å²) >= 11 is 5.97. The van der Waals surface area contributed by atoms with Crippen LogP contribution >= 0.6 is 11.6 Å². The van der Waals surface area contributed by atoms with Crippen molar-refractivity contribution in [3.63, 3.8) is 0 Å². The Labute approximate surface area is 283 Å². The first kappa shape index (κ1) is 35.9. The molecular weight excluding hydrogens is 634 g/mol. The first-order valence-corrected chi connectivity index (χ1v) is 17.9. The summed E-state index contributed by atoms with van der Waals surface area (Å²) < 4.78 is 35.3. The number of unbranched alkanes of at least 4 members (excludes halogenated alkanes) is 1. The second-order valence-electron chi connectivity index (χ2n) is 13.2. The number of phenols is 1. The molecule has 8 nitrogen and oxygen atoms in total. The van der Waals surface area contributed by atoms with Gasteiger partial charge in [0.25, 0.3) is 15.9 Å². The molecule has 0 saturated carbocycles. The Bertz CT molecular complexity index is 1870. The van der Waals surface area contributed by atoms with E-state index in [1.54, 1.807) is 24.3 Å². The number of nitrogens with two attached hydrogens (primary N) is 1. The van der Waals surface area contributed by atoms with Gasteiger partial charge in [-0.2, -0.15) is 0 Å². The molecule has 10 heteroatoms. The fraction of sp³-hybridized carbons (Fsp3) is 0.378. The molecule has 4 aromatic rings. The van der Waals surface area contributed by atoms with E-state index in [0.29, 0.717) is 36.8 Å². The first-order chi connectivity index (χ1) is 22.1. The highest BCUT2D eigenvalue weighted by molar-refractivity contribution is 7.92. The van der Waals surface area contributed by atoms with Crippen LogP contribution in [0.4, 0.5) is 11.4 Å². The van der Waals surface area contributed by atoms with Crippen LogP contribution in [0.5, 0.6) is 11.5 Å². The summed E-state index contributed by atoms with van der Waals surface area (Å²) in [6.07, 6.45) is 3.36. The topological polar surface area (TPSA) is 131 Å². The molecular formula is C37H46ClN3O5S. The smallest absolute Gasteiger partial charge is 0.261 e. The Morgan fingerprint density at radius 3 is 2.26 bits per heavy atom. The van der Waals surface area contributed by atoms with Crippen molar-refractivity contribution in [1.29, 1.82) is 0 Å². The van der Waals surface area contributed by atoms with E-state index in [2.05, 4.69) is 69.8 Å². The van der Waals surface area contributed by atoms with Crippen molar-refractivity contribution in [2.75, 3.05) is 23.6 Å². The molecule has 47 heavy (non-hydrogen) atoms. The maximum absolute atomic E-state index is 13.2. The van der Waals surface area contributed by atoms with Crippen LogP contribution in [0.15, 0.2) is 71.6 Å². The predicted octanol–water partition coefficient (Wildman–Crippen LogP) is 8.55. The zero-order valence-electron chi connectivity index (χ0n) is 28.0. The molecule has 0 heterocycles.